The van der Waals surface area contributed by atoms with E-state index in [4.69, 9.17) is 4.74 Å². The van der Waals surface area contributed by atoms with E-state index in [1.165, 1.54) is 0 Å². The van der Waals surface area contributed by atoms with Crippen LogP contribution in [0.4, 0.5) is 0 Å². The first kappa shape index (κ1) is 11.8. The van der Waals surface area contributed by atoms with Crippen molar-refractivity contribution in [2.24, 2.45) is 0 Å². The van der Waals surface area contributed by atoms with Crippen molar-refractivity contribution in [3.8, 4) is 5.75 Å². The van der Waals surface area contributed by atoms with E-state index in [1.807, 2.05) is 19.1 Å². The first-order valence-corrected chi connectivity index (χ1v) is 5.07. The highest BCUT2D eigenvalue weighted by Crippen LogP contribution is 2.30. The SMILES string of the molecule is C=C(C)c1ccc(OC)c(C(C)(C)C)n1. The van der Waals surface area contributed by atoms with Crippen LogP contribution in [-0.4, -0.2) is 12.1 Å². The van der Waals surface area contributed by atoms with Gasteiger partial charge in [0.2, 0.25) is 0 Å². The summed E-state index contributed by atoms with van der Waals surface area (Å²) in [4.78, 5) is 4.59. The Balaban J connectivity index is 3.32. The molecule has 0 aliphatic rings. The Bertz CT molecular complexity index is 375. The van der Waals surface area contributed by atoms with Crippen molar-refractivity contribution in [1.82, 2.24) is 4.98 Å². The first-order valence-electron chi connectivity index (χ1n) is 5.07. The smallest absolute Gasteiger partial charge is 0.140 e. The maximum atomic E-state index is 5.31. The number of pyridine rings is 1. The van der Waals surface area contributed by atoms with Crippen LogP contribution < -0.4 is 4.74 Å². The third kappa shape index (κ3) is 2.58. The number of aromatic nitrogens is 1. The molecule has 0 saturated heterocycles. The summed E-state index contributed by atoms with van der Waals surface area (Å²) >= 11 is 0. The summed E-state index contributed by atoms with van der Waals surface area (Å²) in [7, 11) is 1.67. The fourth-order valence-corrected chi connectivity index (χ4v) is 1.39. The highest BCUT2D eigenvalue weighted by molar-refractivity contribution is 5.59. The quantitative estimate of drug-likeness (QED) is 0.738. The highest BCUT2D eigenvalue weighted by atomic mass is 16.5. The Morgan fingerprint density at radius 3 is 2.33 bits per heavy atom. The van der Waals surface area contributed by atoms with Gasteiger partial charge in [-0.25, -0.2) is 4.98 Å². The van der Waals surface area contributed by atoms with E-state index in [1.54, 1.807) is 7.11 Å². The molecule has 1 aromatic rings. The van der Waals surface area contributed by atoms with Gasteiger partial charge in [0.1, 0.15) is 5.75 Å². The monoisotopic (exact) mass is 205 g/mol. The molecule has 0 aliphatic heterocycles. The number of ether oxygens (including phenoxy) is 1. The molecule has 0 radical (unpaired) electrons. The Hall–Kier alpha value is -1.31. The molecule has 1 rings (SSSR count). The Morgan fingerprint density at radius 2 is 1.93 bits per heavy atom. The van der Waals surface area contributed by atoms with Crippen LogP contribution in [0, 0.1) is 0 Å². The molecule has 1 heterocycles. The van der Waals surface area contributed by atoms with Crippen LogP contribution in [0.1, 0.15) is 39.1 Å². The van der Waals surface area contributed by atoms with E-state index in [2.05, 4.69) is 32.3 Å². The Morgan fingerprint density at radius 1 is 1.33 bits per heavy atom. The predicted octanol–water partition coefficient (Wildman–Crippen LogP) is 3.42. The van der Waals surface area contributed by atoms with Crippen molar-refractivity contribution in [1.29, 1.82) is 0 Å². The molecule has 2 heteroatoms. The summed E-state index contributed by atoms with van der Waals surface area (Å²) in [6.07, 6.45) is 0. The van der Waals surface area contributed by atoms with E-state index in [9.17, 15) is 0 Å². The zero-order chi connectivity index (χ0) is 11.6. The lowest BCUT2D eigenvalue weighted by Crippen LogP contribution is -2.15. The van der Waals surface area contributed by atoms with Crippen LogP contribution >= 0.6 is 0 Å². The molecule has 0 saturated carbocycles. The number of rotatable bonds is 2. The third-order valence-electron chi connectivity index (χ3n) is 2.23. The molecule has 0 unspecified atom stereocenters. The Kier molecular flexibility index (Phi) is 3.18. The summed E-state index contributed by atoms with van der Waals surface area (Å²) in [5.74, 6) is 0.840. The normalized spacial score (nSPS) is 11.3. The minimum Gasteiger partial charge on any atom is -0.495 e. The van der Waals surface area contributed by atoms with E-state index in [0.29, 0.717) is 0 Å². The molecule has 2 nitrogen and oxygen atoms in total. The van der Waals surface area contributed by atoms with Gasteiger partial charge in [-0.1, -0.05) is 27.4 Å². The molecule has 1 aromatic heterocycles. The lowest BCUT2D eigenvalue weighted by atomic mass is 9.90. The second kappa shape index (κ2) is 4.05. The van der Waals surface area contributed by atoms with Crippen molar-refractivity contribution >= 4 is 5.57 Å². The summed E-state index contributed by atoms with van der Waals surface area (Å²) in [5.41, 5.74) is 2.87. The number of nitrogens with zero attached hydrogens (tertiary/aromatic N) is 1. The van der Waals surface area contributed by atoms with Crippen LogP contribution in [0.5, 0.6) is 5.75 Å². The van der Waals surface area contributed by atoms with Gasteiger partial charge in [0.15, 0.2) is 0 Å². The van der Waals surface area contributed by atoms with Crippen molar-refractivity contribution < 1.29 is 4.74 Å². The van der Waals surface area contributed by atoms with Gasteiger partial charge in [-0.15, -0.1) is 0 Å². The average Bonchev–Trinajstić information content (AvgIpc) is 2.15. The highest BCUT2D eigenvalue weighted by Gasteiger charge is 2.21. The maximum Gasteiger partial charge on any atom is 0.140 e. The lowest BCUT2D eigenvalue weighted by molar-refractivity contribution is 0.392. The van der Waals surface area contributed by atoms with Crippen molar-refractivity contribution in [3.05, 3.63) is 30.1 Å². The number of hydrogen-bond donors (Lipinski definition) is 0. The standard InChI is InChI=1S/C13H19NO/c1-9(2)10-7-8-11(15-6)12(14-10)13(3,4)5/h7-8H,1H2,2-6H3. The fraction of sp³-hybridized carbons (Fsp3) is 0.462. The van der Waals surface area contributed by atoms with E-state index in [0.717, 1.165) is 22.7 Å². The second-order valence-electron chi connectivity index (χ2n) is 4.78. The van der Waals surface area contributed by atoms with E-state index >= 15 is 0 Å². The summed E-state index contributed by atoms with van der Waals surface area (Å²) in [6, 6.07) is 3.90. The van der Waals surface area contributed by atoms with Crippen LogP contribution in [-0.2, 0) is 5.41 Å². The zero-order valence-corrected chi connectivity index (χ0v) is 10.2. The second-order valence-corrected chi connectivity index (χ2v) is 4.78. The third-order valence-corrected chi connectivity index (χ3v) is 2.23. The van der Waals surface area contributed by atoms with Crippen LogP contribution in [0.2, 0.25) is 0 Å². The Labute approximate surface area is 92.0 Å². The van der Waals surface area contributed by atoms with Gasteiger partial charge < -0.3 is 4.74 Å². The average molecular weight is 205 g/mol. The fourth-order valence-electron chi connectivity index (χ4n) is 1.39. The molecule has 0 aromatic carbocycles. The number of hydrogen-bond acceptors (Lipinski definition) is 2. The molecular weight excluding hydrogens is 186 g/mol. The van der Waals surface area contributed by atoms with Gasteiger partial charge in [0.05, 0.1) is 18.5 Å². The number of allylic oxidation sites excluding steroid dienone is 1. The predicted molar refractivity (Wildman–Crippen MR) is 64.2 cm³/mol. The zero-order valence-electron chi connectivity index (χ0n) is 10.2. The topological polar surface area (TPSA) is 22.1 Å². The van der Waals surface area contributed by atoms with E-state index in [-0.39, 0.29) is 5.41 Å². The van der Waals surface area contributed by atoms with Crippen LogP contribution in [0.3, 0.4) is 0 Å². The van der Waals surface area contributed by atoms with Crippen LogP contribution in [0.25, 0.3) is 5.57 Å². The van der Waals surface area contributed by atoms with Gasteiger partial charge in [-0.2, -0.15) is 0 Å². The molecule has 82 valence electrons. The molecule has 0 atom stereocenters. The van der Waals surface area contributed by atoms with Crippen molar-refractivity contribution in [2.45, 2.75) is 33.1 Å². The van der Waals surface area contributed by atoms with Gasteiger partial charge in [0, 0.05) is 5.41 Å². The lowest BCUT2D eigenvalue weighted by Gasteiger charge is -2.21. The molecule has 15 heavy (non-hydrogen) atoms. The van der Waals surface area contributed by atoms with Gasteiger partial charge in [-0.3, -0.25) is 0 Å². The summed E-state index contributed by atoms with van der Waals surface area (Å²) in [5, 5.41) is 0. The van der Waals surface area contributed by atoms with Gasteiger partial charge in [-0.05, 0) is 24.6 Å². The minimum atomic E-state index is -0.0171. The van der Waals surface area contributed by atoms with Crippen molar-refractivity contribution in [2.75, 3.05) is 7.11 Å². The van der Waals surface area contributed by atoms with Crippen molar-refractivity contribution in [3.63, 3.8) is 0 Å². The van der Waals surface area contributed by atoms with Gasteiger partial charge >= 0.3 is 0 Å². The summed E-state index contributed by atoms with van der Waals surface area (Å²) in [6.45, 7) is 12.2. The molecule has 0 aliphatic carbocycles. The van der Waals surface area contributed by atoms with E-state index < -0.39 is 0 Å². The molecule has 0 amide bonds. The first-order chi connectivity index (χ1) is 6.86. The maximum absolute atomic E-state index is 5.31. The molecule has 0 N–H and O–H groups in total. The largest absolute Gasteiger partial charge is 0.495 e. The molecule has 0 fully saturated rings. The molecule has 0 spiro atoms. The van der Waals surface area contributed by atoms with Gasteiger partial charge in [0.25, 0.3) is 0 Å². The minimum absolute atomic E-state index is 0.0171. The summed E-state index contributed by atoms with van der Waals surface area (Å²) < 4.78 is 5.31. The molecule has 0 bridgehead atoms. The number of methoxy groups -OCH3 is 1. The molecular formula is C13H19NO. The van der Waals surface area contributed by atoms with Crippen LogP contribution in [0.15, 0.2) is 18.7 Å².